The van der Waals surface area contributed by atoms with Crippen LogP contribution in [0.3, 0.4) is 0 Å². The number of hydrogen-bond donors (Lipinski definition) is 2. The van der Waals surface area contributed by atoms with Crippen LogP contribution in [0.4, 0.5) is 5.82 Å². The maximum absolute atomic E-state index is 12.3. The van der Waals surface area contributed by atoms with Gasteiger partial charge in [0.1, 0.15) is 10.8 Å². The van der Waals surface area contributed by atoms with Crippen molar-refractivity contribution in [2.24, 2.45) is 0 Å². The molecule has 0 aliphatic carbocycles. The van der Waals surface area contributed by atoms with E-state index in [0.717, 1.165) is 16.3 Å². The average molecular weight is 407 g/mol. The van der Waals surface area contributed by atoms with Crippen molar-refractivity contribution in [3.63, 3.8) is 0 Å². The lowest BCUT2D eigenvalue weighted by atomic mass is 10.0. The van der Waals surface area contributed by atoms with Crippen molar-refractivity contribution in [2.45, 2.75) is 26.2 Å². The number of nitrogens with one attached hydrogen (secondary N) is 1. The van der Waals surface area contributed by atoms with Crippen molar-refractivity contribution in [3.8, 4) is 0 Å². The number of hydrogen-bond acceptors (Lipinski definition) is 5. The zero-order chi connectivity index (χ0) is 20.8. The number of nitrogens with zero attached hydrogens (tertiary/aromatic N) is 2. The Balaban J connectivity index is 1.67. The van der Waals surface area contributed by atoms with Gasteiger partial charge in [-0.25, -0.2) is 14.8 Å². The minimum atomic E-state index is -1.05. The lowest BCUT2D eigenvalue weighted by Gasteiger charge is -2.07. The van der Waals surface area contributed by atoms with Gasteiger partial charge < -0.3 is 10.4 Å². The van der Waals surface area contributed by atoms with E-state index in [1.165, 1.54) is 6.07 Å². The van der Waals surface area contributed by atoms with Gasteiger partial charge in [-0.1, -0.05) is 38.1 Å². The number of benzene rings is 1. The predicted octanol–water partition coefficient (Wildman–Crippen LogP) is 4.71. The molecule has 3 rings (SSSR count). The first kappa shape index (κ1) is 20.4. The van der Waals surface area contributed by atoms with Crippen LogP contribution in [0.25, 0.3) is 12.2 Å². The van der Waals surface area contributed by atoms with E-state index in [1.54, 1.807) is 41.8 Å². The number of carbonyl (C=O) groups excluding carboxylic acids is 1. The number of anilines is 1. The summed E-state index contributed by atoms with van der Waals surface area (Å²) in [6, 6.07) is 10.1. The molecule has 3 aromatic rings. The number of pyridine rings is 1. The monoisotopic (exact) mass is 407 g/mol. The van der Waals surface area contributed by atoms with Crippen LogP contribution in [-0.4, -0.2) is 27.0 Å². The summed E-state index contributed by atoms with van der Waals surface area (Å²) < 4.78 is 0. The lowest BCUT2D eigenvalue weighted by Crippen LogP contribution is -2.17. The molecule has 2 aromatic heterocycles. The molecule has 6 nitrogen and oxygen atoms in total. The summed E-state index contributed by atoms with van der Waals surface area (Å²) in [5, 5.41) is 14.9. The molecule has 0 saturated carbocycles. The summed E-state index contributed by atoms with van der Waals surface area (Å²) in [5.41, 5.74) is 2.52. The molecular weight excluding hydrogens is 386 g/mol. The Morgan fingerprint density at radius 2 is 2.00 bits per heavy atom. The van der Waals surface area contributed by atoms with Gasteiger partial charge >= 0.3 is 5.97 Å². The molecule has 0 spiro atoms. The molecule has 0 aliphatic rings. The van der Waals surface area contributed by atoms with Gasteiger partial charge in [0.25, 0.3) is 0 Å². The fourth-order valence-corrected chi connectivity index (χ4v) is 3.54. The van der Waals surface area contributed by atoms with Gasteiger partial charge in [0.15, 0.2) is 0 Å². The first-order valence-electron chi connectivity index (χ1n) is 9.13. The Morgan fingerprint density at radius 3 is 2.72 bits per heavy atom. The van der Waals surface area contributed by atoms with E-state index in [-0.39, 0.29) is 17.9 Å². The maximum Gasteiger partial charge on any atom is 0.335 e. The van der Waals surface area contributed by atoms with E-state index in [0.29, 0.717) is 17.3 Å². The van der Waals surface area contributed by atoms with Crippen molar-refractivity contribution >= 4 is 41.2 Å². The second-order valence-corrected chi connectivity index (χ2v) is 7.65. The Morgan fingerprint density at radius 1 is 1.21 bits per heavy atom. The van der Waals surface area contributed by atoms with E-state index < -0.39 is 5.97 Å². The Labute approximate surface area is 173 Å². The predicted molar refractivity (Wildman–Crippen MR) is 115 cm³/mol. The third-order valence-corrected chi connectivity index (χ3v) is 5.03. The molecule has 148 valence electrons. The summed E-state index contributed by atoms with van der Waals surface area (Å²) in [5.74, 6) is -0.579. The SMILES string of the molecule is CC(C)c1csc(/C=C/c2ccnc(NC(=O)Cc3ccccc3C(=O)O)c2)n1. The van der Waals surface area contributed by atoms with E-state index in [9.17, 15) is 14.7 Å². The number of carboxylic acids is 1. The third kappa shape index (κ3) is 5.58. The van der Waals surface area contributed by atoms with Gasteiger partial charge in [-0.3, -0.25) is 4.79 Å². The van der Waals surface area contributed by atoms with Crippen molar-refractivity contribution in [1.29, 1.82) is 0 Å². The van der Waals surface area contributed by atoms with Gasteiger partial charge in [0.2, 0.25) is 5.91 Å². The molecule has 0 saturated heterocycles. The van der Waals surface area contributed by atoms with Crippen molar-refractivity contribution < 1.29 is 14.7 Å². The van der Waals surface area contributed by atoms with Crippen LogP contribution in [0, 0.1) is 0 Å². The second-order valence-electron chi connectivity index (χ2n) is 6.76. The van der Waals surface area contributed by atoms with E-state index in [2.05, 4.69) is 34.5 Å². The van der Waals surface area contributed by atoms with Crippen LogP contribution in [0.5, 0.6) is 0 Å². The van der Waals surface area contributed by atoms with Crippen LogP contribution < -0.4 is 5.32 Å². The molecule has 0 bridgehead atoms. The average Bonchev–Trinajstić information content (AvgIpc) is 3.16. The van der Waals surface area contributed by atoms with Crippen LogP contribution >= 0.6 is 11.3 Å². The second kappa shape index (κ2) is 9.25. The van der Waals surface area contributed by atoms with Crippen molar-refractivity contribution in [1.82, 2.24) is 9.97 Å². The van der Waals surface area contributed by atoms with Crippen LogP contribution in [0.2, 0.25) is 0 Å². The normalized spacial score (nSPS) is 11.1. The number of rotatable bonds is 7. The quantitative estimate of drug-likeness (QED) is 0.592. The molecule has 0 radical (unpaired) electrons. The Kier molecular flexibility index (Phi) is 6.51. The minimum Gasteiger partial charge on any atom is -0.478 e. The summed E-state index contributed by atoms with van der Waals surface area (Å²) in [7, 11) is 0. The molecule has 7 heteroatoms. The zero-order valence-electron chi connectivity index (χ0n) is 16.1. The maximum atomic E-state index is 12.3. The highest BCUT2D eigenvalue weighted by atomic mass is 32.1. The standard InChI is InChI=1S/C22H21N3O3S/c1-14(2)18-13-29-21(24-18)8-7-15-9-10-23-19(11-15)25-20(26)12-16-5-3-4-6-17(16)22(27)28/h3-11,13-14H,12H2,1-2H3,(H,27,28)(H,23,25,26)/b8-7+. The van der Waals surface area contributed by atoms with Crippen LogP contribution in [0.15, 0.2) is 48.0 Å². The molecular formula is C22H21N3O3S. The third-order valence-electron chi connectivity index (χ3n) is 4.20. The number of aromatic carboxylic acids is 1. The molecule has 0 aliphatic heterocycles. The first-order valence-corrected chi connectivity index (χ1v) is 10.0. The molecule has 29 heavy (non-hydrogen) atoms. The topological polar surface area (TPSA) is 92.2 Å². The number of carbonyl (C=O) groups is 2. The lowest BCUT2D eigenvalue weighted by molar-refractivity contribution is -0.115. The summed E-state index contributed by atoms with van der Waals surface area (Å²) in [6.07, 6.45) is 5.42. The number of thiazole rings is 1. The summed E-state index contributed by atoms with van der Waals surface area (Å²) in [6.45, 7) is 4.21. The fourth-order valence-electron chi connectivity index (χ4n) is 2.67. The van der Waals surface area contributed by atoms with Crippen molar-refractivity contribution in [3.05, 3.63) is 75.4 Å². The first-order chi connectivity index (χ1) is 13.9. The van der Waals surface area contributed by atoms with E-state index >= 15 is 0 Å². The number of aromatic nitrogens is 2. The number of amides is 1. The molecule has 0 fully saturated rings. The largest absolute Gasteiger partial charge is 0.478 e. The summed E-state index contributed by atoms with van der Waals surface area (Å²) in [4.78, 5) is 32.4. The minimum absolute atomic E-state index is 0.0404. The van der Waals surface area contributed by atoms with Crippen LogP contribution in [-0.2, 0) is 11.2 Å². The van der Waals surface area contributed by atoms with Crippen molar-refractivity contribution in [2.75, 3.05) is 5.32 Å². The summed E-state index contributed by atoms with van der Waals surface area (Å²) >= 11 is 1.59. The molecule has 0 atom stereocenters. The zero-order valence-corrected chi connectivity index (χ0v) is 16.9. The highest BCUT2D eigenvalue weighted by Crippen LogP contribution is 2.20. The van der Waals surface area contributed by atoms with Gasteiger partial charge in [-0.15, -0.1) is 11.3 Å². The Bertz CT molecular complexity index is 1060. The molecule has 1 amide bonds. The van der Waals surface area contributed by atoms with Gasteiger partial charge in [0, 0.05) is 11.6 Å². The van der Waals surface area contributed by atoms with Gasteiger partial charge in [0.05, 0.1) is 17.7 Å². The van der Waals surface area contributed by atoms with E-state index in [1.807, 2.05) is 18.2 Å². The Hall–Kier alpha value is -3.32. The smallest absolute Gasteiger partial charge is 0.335 e. The van der Waals surface area contributed by atoms with Gasteiger partial charge in [-0.2, -0.15) is 0 Å². The van der Waals surface area contributed by atoms with Gasteiger partial charge in [-0.05, 0) is 41.3 Å². The van der Waals surface area contributed by atoms with Crippen LogP contribution in [0.1, 0.15) is 52.0 Å². The highest BCUT2D eigenvalue weighted by molar-refractivity contribution is 7.10. The molecule has 1 aromatic carbocycles. The molecule has 2 N–H and O–H groups in total. The molecule has 0 unspecified atom stereocenters. The molecule has 2 heterocycles. The highest BCUT2D eigenvalue weighted by Gasteiger charge is 2.13. The van der Waals surface area contributed by atoms with E-state index in [4.69, 9.17) is 0 Å². The number of carboxylic acid groups (broad SMARTS) is 1. The fraction of sp³-hybridized carbons (Fsp3) is 0.182.